The van der Waals surface area contributed by atoms with Gasteiger partial charge in [0.15, 0.2) is 0 Å². The van der Waals surface area contributed by atoms with Gasteiger partial charge in [0.1, 0.15) is 11.9 Å². The zero-order valence-electron chi connectivity index (χ0n) is 27.6. The number of amides is 2. The van der Waals surface area contributed by atoms with E-state index in [0.717, 1.165) is 57.7 Å². The smallest absolute Gasteiger partial charge is 0.328 e. The predicted octanol–water partition coefficient (Wildman–Crippen LogP) is 1.90. The molecule has 2 amide bonds. The highest BCUT2D eigenvalue weighted by Gasteiger charge is 2.46. The van der Waals surface area contributed by atoms with Gasteiger partial charge in [0.25, 0.3) is 0 Å². The molecule has 1 aromatic rings. The van der Waals surface area contributed by atoms with Crippen molar-refractivity contribution >= 4 is 47.5 Å². The zero-order valence-corrected chi connectivity index (χ0v) is 27.6. The Morgan fingerprint density at radius 1 is 0.837 bits per heavy atom. The van der Waals surface area contributed by atoms with Crippen LogP contribution in [0, 0.1) is 11.3 Å². The van der Waals surface area contributed by atoms with E-state index in [1.165, 1.54) is 11.3 Å². The lowest BCUT2D eigenvalue weighted by atomic mass is 9.89. The van der Waals surface area contributed by atoms with Gasteiger partial charge in [-0.2, -0.15) is 0 Å². The first kappa shape index (κ1) is 40.1. The molecule has 4 N–H and O–H groups in total. The van der Waals surface area contributed by atoms with Gasteiger partial charge < -0.3 is 30.1 Å². The van der Waals surface area contributed by atoms with Gasteiger partial charge >= 0.3 is 29.8 Å². The molecule has 0 spiro atoms. The standard InChI is InChI=1S/C25H36N4O4.2C4H4O4/c1-25(2)16-22(30)29(24(25)32)18-20(33-23(31)19-8-4-3-5-9-19)17-27-12-14-28(15-13-27)21-10-6-7-11-26-21;2*5-3(6)1-2-4(7)8/h6-7,10-11,19-20H,3-5,8-9,12-18H2,1-2H3;2*1-2H,(H,5,6)(H,7,8)/b;2*2-1-. The number of carbonyl (C=O) groups excluding carboxylic acids is 3. The number of carboxylic acids is 4. The first-order valence-corrected chi connectivity index (χ1v) is 15.8. The molecule has 3 fully saturated rings. The Hall–Kier alpha value is -5.12. The normalized spacial score (nSPS) is 18.7. The van der Waals surface area contributed by atoms with Crippen molar-refractivity contribution in [3.63, 3.8) is 0 Å². The number of aliphatic carboxylic acids is 4. The minimum Gasteiger partial charge on any atom is -0.478 e. The van der Waals surface area contributed by atoms with Crippen molar-refractivity contribution in [3.05, 3.63) is 48.7 Å². The van der Waals surface area contributed by atoms with Gasteiger partial charge in [-0.15, -0.1) is 0 Å². The number of hydrogen-bond donors (Lipinski definition) is 4. The molecule has 1 atom stereocenters. The molecule has 0 radical (unpaired) electrons. The average molecular weight is 689 g/mol. The molecule has 1 aromatic heterocycles. The Bertz CT molecular complexity index is 1310. The quantitative estimate of drug-likeness (QED) is 0.148. The van der Waals surface area contributed by atoms with Crippen LogP contribution in [-0.2, 0) is 38.3 Å². The summed E-state index contributed by atoms with van der Waals surface area (Å²) in [4.78, 5) is 86.7. The highest BCUT2D eigenvalue weighted by molar-refractivity contribution is 6.05. The summed E-state index contributed by atoms with van der Waals surface area (Å²) in [6, 6.07) is 5.91. The summed E-state index contributed by atoms with van der Waals surface area (Å²) in [5.41, 5.74) is -0.691. The number of likely N-dealkylation sites (tertiary alicyclic amines) is 1. The fraction of sp³-hybridized carbons (Fsp3) is 0.515. The third-order valence-electron chi connectivity index (χ3n) is 7.87. The van der Waals surface area contributed by atoms with Crippen LogP contribution in [0.2, 0.25) is 0 Å². The molecule has 3 heterocycles. The number of anilines is 1. The van der Waals surface area contributed by atoms with Crippen molar-refractivity contribution in [3.8, 4) is 0 Å². The molecule has 1 unspecified atom stereocenters. The summed E-state index contributed by atoms with van der Waals surface area (Å²) in [5, 5.41) is 31.2. The van der Waals surface area contributed by atoms with Crippen LogP contribution in [-0.4, -0.2) is 122 Å². The average Bonchev–Trinajstić information content (AvgIpc) is 3.25. The molecule has 2 aliphatic heterocycles. The molecule has 268 valence electrons. The van der Waals surface area contributed by atoms with Crippen LogP contribution < -0.4 is 4.90 Å². The van der Waals surface area contributed by atoms with Crippen LogP contribution in [0.3, 0.4) is 0 Å². The van der Waals surface area contributed by atoms with Crippen molar-refractivity contribution < 1.29 is 58.7 Å². The highest BCUT2D eigenvalue weighted by atomic mass is 16.5. The molecule has 0 bridgehead atoms. The third kappa shape index (κ3) is 14.7. The minimum atomic E-state index is -1.26. The van der Waals surface area contributed by atoms with Gasteiger partial charge in [-0.05, 0) is 25.0 Å². The van der Waals surface area contributed by atoms with Crippen molar-refractivity contribution in [1.82, 2.24) is 14.8 Å². The van der Waals surface area contributed by atoms with E-state index < -0.39 is 35.4 Å². The molecule has 3 aliphatic rings. The number of hydrogen-bond acceptors (Lipinski definition) is 11. The number of carbonyl (C=O) groups is 7. The predicted molar refractivity (Wildman–Crippen MR) is 173 cm³/mol. The van der Waals surface area contributed by atoms with Crippen molar-refractivity contribution in [2.24, 2.45) is 11.3 Å². The molecule has 16 heteroatoms. The molecular formula is C33H44N4O12. The van der Waals surface area contributed by atoms with E-state index in [4.69, 9.17) is 25.2 Å². The van der Waals surface area contributed by atoms with Crippen molar-refractivity contribution in [2.45, 2.75) is 58.5 Å². The summed E-state index contributed by atoms with van der Waals surface area (Å²) in [7, 11) is 0. The summed E-state index contributed by atoms with van der Waals surface area (Å²) in [6.07, 6.45) is 8.73. The van der Waals surface area contributed by atoms with E-state index in [1.807, 2.05) is 18.2 Å². The van der Waals surface area contributed by atoms with Crippen molar-refractivity contribution in [1.29, 1.82) is 0 Å². The van der Waals surface area contributed by atoms with Gasteiger partial charge in [-0.25, -0.2) is 24.2 Å². The fourth-order valence-electron chi connectivity index (χ4n) is 5.42. The van der Waals surface area contributed by atoms with E-state index >= 15 is 0 Å². The molecule has 0 aromatic carbocycles. The highest BCUT2D eigenvalue weighted by Crippen LogP contribution is 2.32. The number of nitrogens with zero attached hydrogens (tertiary/aromatic N) is 4. The number of aromatic nitrogens is 1. The largest absolute Gasteiger partial charge is 0.478 e. The van der Waals surface area contributed by atoms with Crippen LogP contribution in [0.15, 0.2) is 48.7 Å². The lowest BCUT2D eigenvalue weighted by Gasteiger charge is -2.37. The lowest BCUT2D eigenvalue weighted by molar-refractivity contribution is -0.160. The molecule has 49 heavy (non-hydrogen) atoms. The molecule has 16 nitrogen and oxygen atoms in total. The van der Waals surface area contributed by atoms with Gasteiger partial charge in [-0.1, -0.05) is 39.2 Å². The Morgan fingerprint density at radius 2 is 1.37 bits per heavy atom. The second-order valence-corrected chi connectivity index (χ2v) is 12.3. The van der Waals surface area contributed by atoms with Gasteiger partial charge in [-0.3, -0.25) is 24.2 Å². The van der Waals surface area contributed by atoms with Gasteiger partial charge in [0, 0.05) is 69.6 Å². The third-order valence-corrected chi connectivity index (χ3v) is 7.87. The van der Waals surface area contributed by atoms with Gasteiger partial charge in [0.2, 0.25) is 11.8 Å². The van der Waals surface area contributed by atoms with E-state index in [1.54, 1.807) is 20.0 Å². The van der Waals surface area contributed by atoms with E-state index in [9.17, 15) is 33.6 Å². The number of imide groups is 1. The first-order valence-electron chi connectivity index (χ1n) is 15.8. The number of rotatable bonds is 11. The summed E-state index contributed by atoms with van der Waals surface area (Å²) in [6.45, 7) is 7.53. The maximum absolute atomic E-state index is 12.9. The van der Waals surface area contributed by atoms with Crippen LogP contribution in [0.1, 0.15) is 52.4 Å². The van der Waals surface area contributed by atoms with E-state index in [-0.39, 0.29) is 36.7 Å². The first-order chi connectivity index (χ1) is 23.1. The number of esters is 1. The Kier molecular flexibility index (Phi) is 16.1. The Morgan fingerprint density at radius 3 is 1.80 bits per heavy atom. The second kappa shape index (κ2) is 19.6. The minimum absolute atomic E-state index is 0.0660. The molecular weight excluding hydrogens is 644 g/mol. The SMILES string of the molecule is CC1(C)CC(=O)N(CC(CN2CCN(c3ccccn3)CC2)OC(=O)C2CCCCC2)C1=O.O=C(O)/C=C\C(=O)O.O=C(O)/C=C\C(=O)O. The maximum atomic E-state index is 12.9. The van der Waals surface area contributed by atoms with E-state index in [0.29, 0.717) is 30.8 Å². The monoisotopic (exact) mass is 688 g/mol. The van der Waals surface area contributed by atoms with Crippen LogP contribution in [0.4, 0.5) is 5.82 Å². The molecule has 1 saturated carbocycles. The second-order valence-electron chi connectivity index (χ2n) is 12.3. The molecule has 2 saturated heterocycles. The summed E-state index contributed by atoms with van der Waals surface area (Å²) >= 11 is 0. The van der Waals surface area contributed by atoms with Crippen molar-refractivity contribution in [2.75, 3.05) is 44.2 Å². The molecule has 4 rings (SSSR count). The zero-order chi connectivity index (χ0) is 36.6. The maximum Gasteiger partial charge on any atom is 0.328 e. The fourth-order valence-corrected chi connectivity index (χ4v) is 5.42. The van der Waals surface area contributed by atoms with Crippen LogP contribution in [0.25, 0.3) is 0 Å². The van der Waals surface area contributed by atoms with Crippen LogP contribution >= 0.6 is 0 Å². The summed E-state index contributed by atoms with van der Waals surface area (Å²) < 4.78 is 5.98. The number of ether oxygens (including phenoxy) is 1. The Balaban J connectivity index is 0.000000432. The van der Waals surface area contributed by atoms with Crippen LogP contribution in [0.5, 0.6) is 0 Å². The number of pyridine rings is 1. The van der Waals surface area contributed by atoms with E-state index in [2.05, 4.69) is 14.8 Å². The Labute approximate surface area is 283 Å². The number of carboxylic acid groups (broad SMARTS) is 4. The van der Waals surface area contributed by atoms with Gasteiger partial charge in [0.05, 0.1) is 17.9 Å². The number of piperazine rings is 1. The lowest BCUT2D eigenvalue weighted by Crippen LogP contribution is -2.52. The topological polar surface area (TPSA) is 232 Å². The summed E-state index contributed by atoms with van der Waals surface area (Å²) in [5.74, 6) is -4.66. The molecule has 1 aliphatic carbocycles.